The first-order valence-corrected chi connectivity index (χ1v) is 16.1. The minimum Gasteiger partial charge on any atom is -0.445 e. The Morgan fingerprint density at radius 1 is 0.956 bits per heavy atom. The zero-order chi connectivity index (χ0) is 32.8. The van der Waals surface area contributed by atoms with E-state index in [2.05, 4.69) is 10.6 Å². The molecular weight excluding hydrogens is 619 g/mol. The second kappa shape index (κ2) is 18.6. The molecule has 246 valence electrons. The van der Waals surface area contributed by atoms with Crippen molar-refractivity contribution in [3.8, 4) is 0 Å². The third kappa shape index (κ3) is 12.2. The van der Waals surface area contributed by atoms with Crippen LogP contribution in [-0.2, 0) is 37.0 Å². The molecule has 2 aromatic carbocycles. The van der Waals surface area contributed by atoms with Gasteiger partial charge in [0.05, 0.1) is 7.11 Å². The standard InChI is InChI=1S/C33H44Cl2N4O6/c1-38(19-18-25-13-7-8-15-27(25)35)30(40)17-16-28(32(42)39(2)44-3)36-31(41)29(21-23-10-5-4-6-11-23)37-33(43)45-22-24-12-9-14-26(34)20-24/h7-9,12-15,20,23,28-29H,4-6,10-11,16-19,21-22H2,1-3H3,(H,36,41)(H,37,43)/t28-,29-/m0/s1. The quantitative estimate of drug-likeness (QED) is 0.242. The van der Waals surface area contributed by atoms with Gasteiger partial charge in [0.2, 0.25) is 11.8 Å². The van der Waals surface area contributed by atoms with Gasteiger partial charge in [0.1, 0.15) is 18.7 Å². The highest BCUT2D eigenvalue weighted by molar-refractivity contribution is 6.31. The van der Waals surface area contributed by atoms with Gasteiger partial charge in [-0.1, -0.05) is 85.6 Å². The number of nitrogens with one attached hydrogen (secondary N) is 2. The Bertz CT molecular complexity index is 1290. The molecule has 1 aliphatic carbocycles. The average Bonchev–Trinajstić information content (AvgIpc) is 3.04. The third-order valence-corrected chi connectivity index (χ3v) is 8.71. The van der Waals surface area contributed by atoms with Crippen molar-refractivity contribution in [2.75, 3.05) is 27.7 Å². The number of carbonyl (C=O) groups excluding carboxylic acids is 4. The number of hydroxylamine groups is 2. The highest BCUT2D eigenvalue weighted by Crippen LogP contribution is 2.27. The topological polar surface area (TPSA) is 117 Å². The van der Waals surface area contributed by atoms with Crippen LogP contribution in [0.1, 0.15) is 62.5 Å². The van der Waals surface area contributed by atoms with Gasteiger partial charge < -0.3 is 20.3 Å². The maximum absolute atomic E-state index is 13.6. The molecular formula is C33H44Cl2N4O6. The van der Waals surface area contributed by atoms with Crippen LogP contribution in [0.3, 0.4) is 0 Å². The fourth-order valence-corrected chi connectivity index (χ4v) is 5.80. The second-order valence-corrected chi connectivity index (χ2v) is 12.3. The Balaban J connectivity index is 1.65. The lowest BCUT2D eigenvalue weighted by Gasteiger charge is -2.29. The first kappa shape index (κ1) is 36.1. The molecule has 2 N–H and O–H groups in total. The minimum atomic E-state index is -1.05. The summed E-state index contributed by atoms with van der Waals surface area (Å²) in [4.78, 5) is 59.3. The molecule has 3 rings (SSSR count). The largest absolute Gasteiger partial charge is 0.445 e. The number of carbonyl (C=O) groups is 4. The van der Waals surface area contributed by atoms with Gasteiger partial charge in [0.15, 0.2) is 0 Å². The van der Waals surface area contributed by atoms with E-state index in [1.165, 1.54) is 14.2 Å². The highest BCUT2D eigenvalue weighted by atomic mass is 35.5. The predicted molar refractivity (Wildman–Crippen MR) is 173 cm³/mol. The molecule has 0 aromatic heterocycles. The smallest absolute Gasteiger partial charge is 0.408 e. The molecule has 1 saturated carbocycles. The molecule has 10 nitrogen and oxygen atoms in total. The number of hydrogen-bond acceptors (Lipinski definition) is 6. The lowest BCUT2D eigenvalue weighted by molar-refractivity contribution is -0.172. The second-order valence-electron chi connectivity index (χ2n) is 11.4. The zero-order valence-corrected chi connectivity index (χ0v) is 27.7. The van der Waals surface area contributed by atoms with Gasteiger partial charge in [-0.2, -0.15) is 0 Å². The van der Waals surface area contributed by atoms with Crippen molar-refractivity contribution < 1.29 is 28.8 Å². The molecule has 0 unspecified atom stereocenters. The Hall–Kier alpha value is -3.34. The molecule has 0 radical (unpaired) electrons. The molecule has 0 spiro atoms. The van der Waals surface area contributed by atoms with Crippen molar-refractivity contribution in [2.24, 2.45) is 5.92 Å². The summed E-state index contributed by atoms with van der Waals surface area (Å²) in [7, 11) is 4.47. The van der Waals surface area contributed by atoms with Crippen LogP contribution < -0.4 is 10.6 Å². The maximum atomic E-state index is 13.6. The fraction of sp³-hybridized carbons (Fsp3) is 0.515. The molecule has 1 fully saturated rings. The molecule has 12 heteroatoms. The van der Waals surface area contributed by atoms with Crippen molar-refractivity contribution in [3.05, 3.63) is 69.7 Å². The number of benzene rings is 2. The number of halogens is 2. The van der Waals surface area contributed by atoms with Crippen molar-refractivity contribution in [3.63, 3.8) is 0 Å². The van der Waals surface area contributed by atoms with Crippen LogP contribution in [0.5, 0.6) is 0 Å². The van der Waals surface area contributed by atoms with Crippen LogP contribution in [0, 0.1) is 5.92 Å². The SMILES string of the molecule is CON(C)C(=O)[C@H](CCC(=O)N(C)CCc1ccccc1Cl)NC(=O)[C@H](CC1CCCCC1)NC(=O)OCc1cccc(Cl)c1. The number of amides is 4. The third-order valence-electron chi connectivity index (χ3n) is 8.11. The van der Waals surface area contributed by atoms with Crippen LogP contribution in [0.4, 0.5) is 4.79 Å². The maximum Gasteiger partial charge on any atom is 0.408 e. The van der Waals surface area contributed by atoms with Crippen LogP contribution in [0.25, 0.3) is 0 Å². The predicted octanol–water partition coefficient (Wildman–Crippen LogP) is 5.54. The van der Waals surface area contributed by atoms with E-state index in [0.717, 1.165) is 42.7 Å². The van der Waals surface area contributed by atoms with E-state index in [-0.39, 0.29) is 31.3 Å². The number of rotatable bonds is 15. The summed E-state index contributed by atoms with van der Waals surface area (Å²) in [6, 6.07) is 12.4. The lowest BCUT2D eigenvalue weighted by Crippen LogP contribution is -2.54. The number of likely N-dealkylation sites (N-methyl/N-ethyl adjacent to an activating group) is 2. The average molecular weight is 664 g/mol. The summed E-state index contributed by atoms with van der Waals surface area (Å²) >= 11 is 12.3. The molecule has 0 bridgehead atoms. The molecule has 0 aliphatic heterocycles. The van der Waals surface area contributed by atoms with E-state index in [1.54, 1.807) is 42.3 Å². The van der Waals surface area contributed by atoms with Gasteiger partial charge in [-0.15, -0.1) is 0 Å². The first-order valence-electron chi connectivity index (χ1n) is 15.3. The van der Waals surface area contributed by atoms with E-state index in [0.29, 0.717) is 35.0 Å². The Morgan fingerprint density at radius 2 is 1.69 bits per heavy atom. The Kier molecular flexibility index (Phi) is 14.9. The van der Waals surface area contributed by atoms with E-state index < -0.39 is 30.0 Å². The Morgan fingerprint density at radius 3 is 2.38 bits per heavy atom. The summed E-state index contributed by atoms with van der Waals surface area (Å²) in [5.74, 6) is -0.984. The van der Waals surface area contributed by atoms with Gasteiger partial charge in [-0.25, -0.2) is 9.86 Å². The number of hydrogen-bond donors (Lipinski definition) is 2. The van der Waals surface area contributed by atoms with Crippen molar-refractivity contribution >= 4 is 47.0 Å². The summed E-state index contributed by atoms with van der Waals surface area (Å²) in [6.45, 7) is 0.423. The molecule has 2 atom stereocenters. The van der Waals surface area contributed by atoms with E-state index in [9.17, 15) is 19.2 Å². The first-order chi connectivity index (χ1) is 21.6. The van der Waals surface area contributed by atoms with Crippen LogP contribution in [-0.4, -0.2) is 73.6 Å². The van der Waals surface area contributed by atoms with Gasteiger partial charge >= 0.3 is 6.09 Å². The molecule has 0 heterocycles. The summed E-state index contributed by atoms with van der Waals surface area (Å²) < 4.78 is 5.39. The minimum absolute atomic E-state index is 0.00958. The highest BCUT2D eigenvalue weighted by Gasteiger charge is 2.31. The van der Waals surface area contributed by atoms with Crippen molar-refractivity contribution in [2.45, 2.75) is 76.5 Å². The van der Waals surface area contributed by atoms with Gasteiger partial charge in [-0.3, -0.25) is 19.2 Å². The van der Waals surface area contributed by atoms with Gasteiger partial charge in [0.25, 0.3) is 5.91 Å². The van der Waals surface area contributed by atoms with Crippen LogP contribution in [0.2, 0.25) is 10.0 Å². The molecule has 1 aliphatic rings. The van der Waals surface area contributed by atoms with Gasteiger partial charge in [0, 0.05) is 37.1 Å². The monoisotopic (exact) mass is 662 g/mol. The molecule has 45 heavy (non-hydrogen) atoms. The number of nitrogens with zero attached hydrogens (tertiary/aromatic N) is 2. The van der Waals surface area contributed by atoms with Gasteiger partial charge in [-0.05, 0) is 54.5 Å². The van der Waals surface area contributed by atoms with Crippen LogP contribution in [0.15, 0.2) is 48.5 Å². The van der Waals surface area contributed by atoms with Crippen molar-refractivity contribution in [1.29, 1.82) is 0 Å². The van der Waals surface area contributed by atoms with E-state index in [4.69, 9.17) is 32.8 Å². The normalized spacial score (nSPS) is 14.6. The fourth-order valence-electron chi connectivity index (χ4n) is 5.36. The van der Waals surface area contributed by atoms with E-state index in [1.807, 2.05) is 18.2 Å². The lowest BCUT2D eigenvalue weighted by atomic mass is 9.84. The number of ether oxygens (including phenoxy) is 1. The molecule has 4 amide bonds. The molecule has 0 saturated heterocycles. The molecule has 2 aromatic rings. The van der Waals surface area contributed by atoms with Crippen LogP contribution >= 0.6 is 23.2 Å². The van der Waals surface area contributed by atoms with Crippen molar-refractivity contribution in [1.82, 2.24) is 20.6 Å². The Labute approximate surface area is 275 Å². The summed E-state index contributed by atoms with van der Waals surface area (Å²) in [5, 5.41) is 7.66. The summed E-state index contributed by atoms with van der Waals surface area (Å²) in [6.07, 6.45) is 5.45. The zero-order valence-electron chi connectivity index (χ0n) is 26.2. The summed E-state index contributed by atoms with van der Waals surface area (Å²) in [5.41, 5.74) is 1.64. The number of alkyl carbamates (subject to hydrolysis) is 1. The van der Waals surface area contributed by atoms with E-state index >= 15 is 0 Å².